The number of hydrogen-bond donors (Lipinski definition) is 1. The van der Waals surface area contributed by atoms with Crippen molar-refractivity contribution in [3.05, 3.63) is 40.6 Å². The zero-order valence-corrected chi connectivity index (χ0v) is 17.5. The lowest BCUT2D eigenvalue weighted by atomic mass is 9.96. The molecule has 28 heavy (non-hydrogen) atoms. The Labute approximate surface area is 167 Å². The number of β-amino-alcohol motifs (C(OH)–C–C–N with tert-alkyl or cyclic N) is 1. The molecule has 1 aromatic carbocycles. The van der Waals surface area contributed by atoms with Crippen molar-refractivity contribution in [1.29, 1.82) is 0 Å². The summed E-state index contributed by atoms with van der Waals surface area (Å²) >= 11 is 0. The van der Waals surface area contributed by atoms with Crippen LogP contribution in [-0.4, -0.2) is 64.1 Å². The number of aryl methyl sites for hydroxylation is 2. The molecule has 1 amide bonds. The van der Waals surface area contributed by atoms with E-state index >= 15 is 0 Å². The van der Waals surface area contributed by atoms with E-state index in [-0.39, 0.29) is 18.1 Å². The zero-order chi connectivity index (χ0) is 20.1. The van der Waals surface area contributed by atoms with E-state index in [1.54, 1.807) is 0 Å². The molecule has 4 rings (SSSR count). The number of aromatic nitrogens is 1. The summed E-state index contributed by atoms with van der Waals surface area (Å²) in [5.41, 5.74) is 4.99. The Hall–Kier alpha value is -1.98. The van der Waals surface area contributed by atoms with Gasteiger partial charge in [0.2, 0.25) is 0 Å². The third-order valence-electron chi connectivity index (χ3n) is 6.22. The van der Waals surface area contributed by atoms with E-state index in [2.05, 4.69) is 44.7 Å². The topological polar surface area (TPSA) is 56.7 Å². The van der Waals surface area contributed by atoms with Gasteiger partial charge in [0.25, 0.3) is 5.91 Å². The number of carbonyl (C=O) groups is 1. The summed E-state index contributed by atoms with van der Waals surface area (Å²) in [6, 6.07) is 6.30. The molecular weight excluding hydrogens is 350 g/mol. The number of aliphatic hydroxyl groups excluding tert-OH is 1. The summed E-state index contributed by atoms with van der Waals surface area (Å²) in [6.45, 7) is 11.4. The molecule has 1 N–H and O–H groups in total. The van der Waals surface area contributed by atoms with Gasteiger partial charge in [-0.25, -0.2) is 0 Å². The lowest BCUT2D eigenvalue weighted by Crippen LogP contribution is -2.60. The SMILES string of the molecule is Cc1cc(C)c2nc(C3CC3)cc(C(=O)N3CCN(CCO)C(C)(C)C3)c2c1. The molecule has 1 saturated heterocycles. The van der Waals surface area contributed by atoms with E-state index in [0.717, 1.165) is 39.8 Å². The van der Waals surface area contributed by atoms with Gasteiger partial charge in [0.15, 0.2) is 0 Å². The van der Waals surface area contributed by atoms with E-state index < -0.39 is 0 Å². The second kappa shape index (κ2) is 7.12. The number of benzene rings is 1. The van der Waals surface area contributed by atoms with E-state index in [4.69, 9.17) is 4.98 Å². The number of nitrogens with zero attached hydrogens (tertiary/aromatic N) is 3. The van der Waals surface area contributed by atoms with Crippen molar-refractivity contribution in [1.82, 2.24) is 14.8 Å². The molecule has 0 bridgehead atoms. The number of fused-ring (bicyclic) bond motifs is 1. The Balaban J connectivity index is 1.73. The standard InChI is InChI=1S/C23H31N3O2/c1-15-11-16(2)21-18(12-15)19(13-20(24-21)17-5-6-17)22(28)25-7-8-26(9-10-27)23(3,4)14-25/h11-13,17,27H,5-10,14H2,1-4H3. The fourth-order valence-electron chi connectivity index (χ4n) is 4.53. The highest BCUT2D eigenvalue weighted by atomic mass is 16.3. The highest BCUT2D eigenvalue weighted by Crippen LogP contribution is 2.41. The summed E-state index contributed by atoms with van der Waals surface area (Å²) in [7, 11) is 0. The van der Waals surface area contributed by atoms with Crippen molar-refractivity contribution in [2.45, 2.75) is 52.0 Å². The average molecular weight is 382 g/mol. The Kier molecular flexibility index (Phi) is 4.92. The highest BCUT2D eigenvalue weighted by molar-refractivity contribution is 6.07. The van der Waals surface area contributed by atoms with Crippen molar-refractivity contribution >= 4 is 16.8 Å². The number of aliphatic hydroxyl groups is 1. The maximum Gasteiger partial charge on any atom is 0.254 e. The number of hydrogen-bond acceptors (Lipinski definition) is 4. The van der Waals surface area contributed by atoms with Crippen LogP contribution in [0.1, 0.15) is 59.8 Å². The molecule has 5 nitrogen and oxygen atoms in total. The van der Waals surface area contributed by atoms with Crippen molar-refractivity contribution in [2.24, 2.45) is 0 Å². The Morgan fingerprint density at radius 2 is 1.96 bits per heavy atom. The fourth-order valence-corrected chi connectivity index (χ4v) is 4.53. The second-order valence-electron chi connectivity index (χ2n) is 9.10. The Morgan fingerprint density at radius 3 is 2.61 bits per heavy atom. The van der Waals surface area contributed by atoms with Gasteiger partial charge in [-0.05, 0) is 58.2 Å². The van der Waals surface area contributed by atoms with Crippen LogP contribution in [0, 0.1) is 13.8 Å². The van der Waals surface area contributed by atoms with Crippen molar-refractivity contribution in [2.75, 3.05) is 32.8 Å². The molecule has 1 aliphatic heterocycles. The minimum Gasteiger partial charge on any atom is -0.395 e. The maximum absolute atomic E-state index is 13.6. The molecule has 150 valence electrons. The molecule has 2 aliphatic rings. The zero-order valence-electron chi connectivity index (χ0n) is 17.5. The molecule has 1 saturated carbocycles. The maximum atomic E-state index is 13.6. The second-order valence-corrected chi connectivity index (χ2v) is 9.10. The molecule has 0 unspecified atom stereocenters. The van der Waals surface area contributed by atoms with Gasteiger partial charge in [-0.15, -0.1) is 0 Å². The van der Waals surface area contributed by atoms with Gasteiger partial charge in [-0.3, -0.25) is 14.7 Å². The van der Waals surface area contributed by atoms with Crippen LogP contribution in [0.4, 0.5) is 0 Å². The molecule has 1 aromatic heterocycles. The summed E-state index contributed by atoms with van der Waals surface area (Å²) in [6.07, 6.45) is 2.34. The monoisotopic (exact) mass is 381 g/mol. The molecule has 0 radical (unpaired) electrons. The van der Waals surface area contributed by atoms with Gasteiger partial charge in [0.1, 0.15) is 0 Å². The third kappa shape index (κ3) is 3.53. The first-order valence-electron chi connectivity index (χ1n) is 10.4. The molecule has 5 heteroatoms. The fraction of sp³-hybridized carbons (Fsp3) is 0.565. The van der Waals surface area contributed by atoms with Crippen LogP contribution in [-0.2, 0) is 0 Å². The minimum atomic E-state index is -0.148. The lowest BCUT2D eigenvalue weighted by Gasteiger charge is -2.47. The lowest BCUT2D eigenvalue weighted by molar-refractivity contribution is 0.0108. The largest absolute Gasteiger partial charge is 0.395 e. The first-order valence-corrected chi connectivity index (χ1v) is 10.4. The van der Waals surface area contributed by atoms with Crippen molar-refractivity contribution < 1.29 is 9.90 Å². The first kappa shape index (κ1) is 19.3. The molecule has 2 aromatic rings. The summed E-state index contributed by atoms with van der Waals surface area (Å²) in [4.78, 5) is 22.8. The highest BCUT2D eigenvalue weighted by Gasteiger charge is 2.36. The van der Waals surface area contributed by atoms with Crippen LogP contribution in [0.25, 0.3) is 10.9 Å². The molecule has 0 spiro atoms. The number of piperazine rings is 1. The molecule has 2 heterocycles. The molecule has 1 aliphatic carbocycles. The molecule has 2 fully saturated rings. The predicted octanol–water partition coefficient (Wildman–Crippen LogP) is 3.26. The van der Waals surface area contributed by atoms with Crippen LogP contribution in [0.2, 0.25) is 0 Å². The van der Waals surface area contributed by atoms with Crippen molar-refractivity contribution in [3.8, 4) is 0 Å². The van der Waals surface area contributed by atoms with Crippen LogP contribution in [0.5, 0.6) is 0 Å². The van der Waals surface area contributed by atoms with Crippen LogP contribution in [0.3, 0.4) is 0 Å². The van der Waals surface area contributed by atoms with Crippen molar-refractivity contribution in [3.63, 3.8) is 0 Å². The normalized spacial score (nSPS) is 20.0. The van der Waals surface area contributed by atoms with Gasteiger partial charge < -0.3 is 10.0 Å². The predicted molar refractivity (Wildman–Crippen MR) is 112 cm³/mol. The first-order chi connectivity index (χ1) is 13.3. The average Bonchev–Trinajstić information content (AvgIpc) is 3.47. The van der Waals surface area contributed by atoms with E-state index in [1.807, 2.05) is 11.0 Å². The molecule has 0 atom stereocenters. The minimum absolute atomic E-state index is 0.107. The third-order valence-corrected chi connectivity index (χ3v) is 6.22. The molecular formula is C23H31N3O2. The van der Waals surface area contributed by atoms with Gasteiger partial charge in [0.05, 0.1) is 17.7 Å². The number of pyridine rings is 1. The number of rotatable bonds is 4. The van der Waals surface area contributed by atoms with Crippen LogP contribution < -0.4 is 0 Å². The Bertz CT molecular complexity index is 918. The quantitative estimate of drug-likeness (QED) is 0.883. The summed E-state index contributed by atoms with van der Waals surface area (Å²) in [5.74, 6) is 0.616. The smallest absolute Gasteiger partial charge is 0.254 e. The summed E-state index contributed by atoms with van der Waals surface area (Å²) < 4.78 is 0. The van der Waals surface area contributed by atoms with Gasteiger partial charge >= 0.3 is 0 Å². The van der Waals surface area contributed by atoms with Crippen LogP contribution >= 0.6 is 0 Å². The number of amides is 1. The summed E-state index contributed by atoms with van der Waals surface area (Å²) in [5, 5.41) is 10.3. The Morgan fingerprint density at radius 1 is 1.21 bits per heavy atom. The van der Waals surface area contributed by atoms with E-state index in [0.29, 0.717) is 25.6 Å². The van der Waals surface area contributed by atoms with Crippen LogP contribution in [0.15, 0.2) is 18.2 Å². The van der Waals surface area contributed by atoms with Gasteiger partial charge in [-0.1, -0.05) is 11.6 Å². The number of carbonyl (C=O) groups excluding carboxylic acids is 1. The van der Waals surface area contributed by atoms with E-state index in [1.165, 1.54) is 12.8 Å². The van der Waals surface area contributed by atoms with Gasteiger partial charge in [0, 0.05) is 48.7 Å². The van der Waals surface area contributed by atoms with Gasteiger partial charge in [-0.2, -0.15) is 0 Å². The van der Waals surface area contributed by atoms with E-state index in [9.17, 15) is 9.90 Å².